The molecule has 5 heteroatoms. The SMILES string of the molecule is Cn1nccc1/C=C\C(=O)c1ccc2c(c1)OCCO2. The average Bonchev–Trinajstić information content (AvgIpc) is 2.89. The monoisotopic (exact) mass is 270 g/mol. The topological polar surface area (TPSA) is 53.4 Å². The molecule has 1 aliphatic rings. The normalized spacial score (nSPS) is 13.7. The van der Waals surface area contributed by atoms with Crippen LogP contribution in [0.1, 0.15) is 16.1 Å². The summed E-state index contributed by atoms with van der Waals surface area (Å²) in [6.07, 6.45) is 4.96. The molecule has 1 aromatic heterocycles. The number of allylic oxidation sites excluding steroid dienone is 1. The molecule has 0 radical (unpaired) electrons. The third-order valence-corrected chi connectivity index (χ3v) is 3.09. The van der Waals surface area contributed by atoms with Gasteiger partial charge in [-0.25, -0.2) is 0 Å². The van der Waals surface area contributed by atoms with Crippen LogP contribution < -0.4 is 9.47 Å². The average molecular weight is 270 g/mol. The second-order valence-electron chi connectivity index (χ2n) is 4.44. The first kappa shape index (κ1) is 12.5. The van der Waals surface area contributed by atoms with Crippen LogP contribution >= 0.6 is 0 Å². The van der Waals surface area contributed by atoms with Crippen molar-refractivity contribution in [1.82, 2.24) is 9.78 Å². The number of carbonyl (C=O) groups excluding carboxylic acids is 1. The zero-order valence-electron chi connectivity index (χ0n) is 11.1. The summed E-state index contributed by atoms with van der Waals surface area (Å²) in [6, 6.07) is 7.06. The van der Waals surface area contributed by atoms with E-state index in [0.29, 0.717) is 30.3 Å². The van der Waals surface area contributed by atoms with E-state index in [1.807, 2.05) is 13.1 Å². The molecular weight excluding hydrogens is 256 g/mol. The summed E-state index contributed by atoms with van der Waals surface area (Å²) in [4.78, 5) is 12.1. The molecule has 0 aliphatic carbocycles. The highest BCUT2D eigenvalue weighted by Crippen LogP contribution is 2.30. The lowest BCUT2D eigenvalue weighted by Crippen LogP contribution is -2.15. The molecule has 1 aromatic carbocycles. The first-order valence-corrected chi connectivity index (χ1v) is 6.34. The minimum Gasteiger partial charge on any atom is -0.486 e. The van der Waals surface area contributed by atoms with Crippen LogP contribution in [0.2, 0.25) is 0 Å². The summed E-state index contributed by atoms with van der Waals surface area (Å²) in [5.41, 5.74) is 1.45. The number of rotatable bonds is 3. The van der Waals surface area contributed by atoms with Gasteiger partial charge in [0.25, 0.3) is 0 Å². The number of nitrogens with zero attached hydrogens (tertiary/aromatic N) is 2. The van der Waals surface area contributed by atoms with Crippen molar-refractivity contribution in [3.63, 3.8) is 0 Å². The van der Waals surface area contributed by atoms with E-state index in [9.17, 15) is 4.79 Å². The van der Waals surface area contributed by atoms with Crippen molar-refractivity contribution < 1.29 is 14.3 Å². The number of ether oxygens (including phenoxy) is 2. The van der Waals surface area contributed by atoms with Gasteiger partial charge in [-0.05, 0) is 36.4 Å². The molecule has 5 nitrogen and oxygen atoms in total. The highest BCUT2D eigenvalue weighted by Gasteiger charge is 2.13. The maximum absolute atomic E-state index is 12.1. The number of aromatic nitrogens is 2. The fourth-order valence-corrected chi connectivity index (χ4v) is 2.00. The predicted octanol–water partition coefficient (Wildman–Crippen LogP) is 2.09. The molecule has 0 amide bonds. The van der Waals surface area contributed by atoms with Crippen LogP contribution in [0, 0.1) is 0 Å². The van der Waals surface area contributed by atoms with Gasteiger partial charge >= 0.3 is 0 Å². The zero-order chi connectivity index (χ0) is 13.9. The maximum Gasteiger partial charge on any atom is 0.186 e. The molecule has 20 heavy (non-hydrogen) atoms. The van der Waals surface area contributed by atoms with Gasteiger partial charge in [-0.15, -0.1) is 0 Å². The first-order valence-electron chi connectivity index (χ1n) is 6.34. The van der Waals surface area contributed by atoms with E-state index in [0.717, 1.165) is 5.69 Å². The third kappa shape index (κ3) is 2.42. The van der Waals surface area contributed by atoms with Crippen LogP contribution in [-0.4, -0.2) is 28.8 Å². The van der Waals surface area contributed by atoms with E-state index in [4.69, 9.17) is 9.47 Å². The number of benzene rings is 1. The number of fused-ring (bicyclic) bond motifs is 1. The molecule has 0 saturated heterocycles. The van der Waals surface area contributed by atoms with Crippen molar-refractivity contribution in [3.8, 4) is 11.5 Å². The molecule has 0 unspecified atom stereocenters. The van der Waals surface area contributed by atoms with E-state index in [2.05, 4.69) is 5.10 Å². The second-order valence-corrected chi connectivity index (χ2v) is 4.44. The van der Waals surface area contributed by atoms with Gasteiger partial charge in [-0.2, -0.15) is 5.10 Å². The molecule has 0 saturated carbocycles. The Morgan fingerprint density at radius 3 is 2.80 bits per heavy atom. The maximum atomic E-state index is 12.1. The molecule has 102 valence electrons. The lowest BCUT2D eigenvalue weighted by atomic mass is 10.1. The van der Waals surface area contributed by atoms with Gasteiger partial charge in [0.05, 0.1) is 5.69 Å². The molecule has 0 atom stereocenters. The van der Waals surface area contributed by atoms with Crippen LogP contribution in [-0.2, 0) is 7.05 Å². The van der Waals surface area contributed by atoms with Crippen molar-refractivity contribution in [1.29, 1.82) is 0 Å². The molecule has 1 aliphatic heterocycles. The largest absolute Gasteiger partial charge is 0.486 e. The number of ketones is 1. The lowest BCUT2D eigenvalue weighted by Gasteiger charge is -2.18. The molecule has 3 rings (SSSR count). The second kappa shape index (κ2) is 5.21. The minimum atomic E-state index is -0.0804. The summed E-state index contributed by atoms with van der Waals surface area (Å²) in [5.74, 6) is 1.22. The Labute approximate surface area is 116 Å². The van der Waals surface area contributed by atoms with Crippen molar-refractivity contribution in [2.24, 2.45) is 7.05 Å². The number of aryl methyl sites for hydroxylation is 1. The fraction of sp³-hybridized carbons (Fsp3) is 0.200. The smallest absolute Gasteiger partial charge is 0.186 e. The summed E-state index contributed by atoms with van der Waals surface area (Å²) in [5, 5.41) is 4.04. The van der Waals surface area contributed by atoms with Crippen molar-refractivity contribution in [2.45, 2.75) is 0 Å². The minimum absolute atomic E-state index is 0.0804. The Kier molecular flexibility index (Phi) is 3.25. The van der Waals surface area contributed by atoms with Crippen LogP contribution in [0.25, 0.3) is 6.08 Å². The molecule has 0 fully saturated rings. The van der Waals surface area contributed by atoms with Crippen LogP contribution in [0.5, 0.6) is 11.5 Å². The fourth-order valence-electron chi connectivity index (χ4n) is 2.00. The standard InChI is InChI=1S/C15H14N2O3/c1-17-12(6-7-16-17)3-4-13(18)11-2-5-14-15(10-11)20-9-8-19-14/h2-7,10H,8-9H2,1H3/b4-3-. The van der Waals surface area contributed by atoms with Gasteiger partial charge in [0.15, 0.2) is 17.3 Å². The van der Waals surface area contributed by atoms with E-state index >= 15 is 0 Å². The van der Waals surface area contributed by atoms with E-state index in [-0.39, 0.29) is 5.78 Å². The molecule has 2 heterocycles. The van der Waals surface area contributed by atoms with Gasteiger partial charge < -0.3 is 9.47 Å². The van der Waals surface area contributed by atoms with Gasteiger partial charge in [0.2, 0.25) is 0 Å². The van der Waals surface area contributed by atoms with Crippen LogP contribution in [0.3, 0.4) is 0 Å². The van der Waals surface area contributed by atoms with Crippen LogP contribution in [0.15, 0.2) is 36.5 Å². The molecule has 0 spiro atoms. The lowest BCUT2D eigenvalue weighted by molar-refractivity contribution is 0.104. The Balaban J connectivity index is 1.80. The quantitative estimate of drug-likeness (QED) is 0.633. The van der Waals surface area contributed by atoms with Crippen molar-refractivity contribution in [3.05, 3.63) is 47.8 Å². The summed E-state index contributed by atoms with van der Waals surface area (Å²) in [7, 11) is 1.83. The molecule has 2 aromatic rings. The van der Waals surface area contributed by atoms with Crippen molar-refractivity contribution in [2.75, 3.05) is 13.2 Å². The number of carbonyl (C=O) groups is 1. The highest BCUT2D eigenvalue weighted by molar-refractivity contribution is 6.07. The highest BCUT2D eigenvalue weighted by atomic mass is 16.6. The number of hydrogen-bond acceptors (Lipinski definition) is 4. The van der Waals surface area contributed by atoms with E-state index in [1.54, 1.807) is 35.2 Å². The van der Waals surface area contributed by atoms with Gasteiger partial charge in [0, 0.05) is 18.8 Å². The van der Waals surface area contributed by atoms with Gasteiger partial charge in [-0.1, -0.05) is 0 Å². The summed E-state index contributed by atoms with van der Waals surface area (Å²) < 4.78 is 12.6. The van der Waals surface area contributed by atoms with Gasteiger partial charge in [0.1, 0.15) is 13.2 Å². The third-order valence-electron chi connectivity index (χ3n) is 3.09. The predicted molar refractivity (Wildman–Crippen MR) is 74.0 cm³/mol. The van der Waals surface area contributed by atoms with E-state index in [1.165, 1.54) is 6.08 Å². The molecule has 0 N–H and O–H groups in total. The summed E-state index contributed by atoms with van der Waals surface area (Å²) in [6.45, 7) is 1.05. The Morgan fingerprint density at radius 2 is 2.05 bits per heavy atom. The van der Waals surface area contributed by atoms with E-state index < -0.39 is 0 Å². The Morgan fingerprint density at radius 1 is 1.25 bits per heavy atom. The molecular formula is C15H14N2O3. The summed E-state index contributed by atoms with van der Waals surface area (Å²) >= 11 is 0. The Bertz CT molecular complexity index is 674. The zero-order valence-corrected chi connectivity index (χ0v) is 11.1. The number of hydrogen-bond donors (Lipinski definition) is 0. The Hall–Kier alpha value is -2.56. The molecule has 0 bridgehead atoms. The van der Waals surface area contributed by atoms with Crippen molar-refractivity contribution >= 4 is 11.9 Å². The van der Waals surface area contributed by atoms with Gasteiger partial charge in [-0.3, -0.25) is 9.48 Å². The first-order chi connectivity index (χ1) is 9.74. The van der Waals surface area contributed by atoms with Crippen LogP contribution in [0.4, 0.5) is 0 Å².